The van der Waals surface area contributed by atoms with E-state index in [1.54, 1.807) is 0 Å². The first-order valence-electron chi connectivity index (χ1n) is 4.96. The molecule has 0 bridgehead atoms. The predicted molar refractivity (Wildman–Crippen MR) is 56.4 cm³/mol. The van der Waals surface area contributed by atoms with E-state index in [0.717, 1.165) is 0 Å². The second-order valence-electron chi connectivity index (χ2n) is 3.71. The van der Waals surface area contributed by atoms with Crippen molar-refractivity contribution in [2.45, 2.75) is 18.9 Å². The number of aromatic nitrogens is 2. The van der Waals surface area contributed by atoms with Crippen LogP contribution in [0.2, 0.25) is 0 Å². The van der Waals surface area contributed by atoms with Gasteiger partial charge in [0, 0.05) is 6.20 Å². The molecule has 0 spiro atoms. The highest BCUT2D eigenvalue weighted by atomic mass is 19.1. The third kappa shape index (κ3) is 1.71. The molecule has 2 rings (SSSR count). The van der Waals surface area contributed by atoms with Crippen molar-refractivity contribution < 1.29 is 9.50 Å². The second-order valence-corrected chi connectivity index (χ2v) is 3.71. The molecule has 0 aromatic carbocycles. The number of aliphatic hydroxyl groups excluding tert-OH is 1. The lowest BCUT2D eigenvalue weighted by atomic mass is 10.2. The molecule has 6 heteroatoms. The average Bonchev–Trinajstić information content (AvgIpc) is 2.60. The summed E-state index contributed by atoms with van der Waals surface area (Å²) in [4.78, 5) is 15.0. The number of hydrogen-bond donors (Lipinski definition) is 2. The minimum Gasteiger partial charge on any atom is -0.392 e. The van der Waals surface area contributed by atoms with Gasteiger partial charge in [0.1, 0.15) is 11.6 Å². The predicted octanol–water partition coefficient (Wildman–Crippen LogP) is 0.376. The summed E-state index contributed by atoms with van der Waals surface area (Å²) in [7, 11) is 0. The smallest absolute Gasteiger partial charge is 0.350 e. The van der Waals surface area contributed by atoms with E-state index in [1.165, 1.54) is 16.8 Å². The van der Waals surface area contributed by atoms with Crippen LogP contribution in [0.1, 0.15) is 18.9 Å². The number of aliphatic hydroxyl groups is 1. The van der Waals surface area contributed by atoms with Gasteiger partial charge >= 0.3 is 5.69 Å². The van der Waals surface area contributed by atoms with Gasteiger partial charge in [-0.15, -0.1) is 0 Å². The summed E-state index contributed by atoms with van der Waals surface area (Å²) in [6.45, 7) is -0.306. The fourth-order valence-electron chi connectivity index (χ4n) is 1.87. The van der Waals surface area contributed by atoms with Crippen LogP contribution in [0.15, 0.2) is 28.5 Å². The molecule has 1 aliphatic carbocycles. The van der Waals surface area contributed by atoms with Crippen molar-refractivity contribution in [1.29, 1.82) is 0 Å². The Balaban J connectivity index is 2.40. The number of nitrogens with two attached hydrogens (primary N) is 1. The van der Waals surface area contributed by atoms with E-state index in [4.69, 9.17) is 10.8 Å². The van der Waals surface area contributed by atoms with Gasteiger partial charge < -0.3 is 10.8 Å². The fraction of sp³-hybridized carbons (Fsp3) is 0.400. The van der Waals surface area contributed by atoms with E-state index < -0.39 is 17.6 Å². The maximum Gasteiger partial charge on any atom is 0.350 e. The first kappa shape index (κ1) is 10.8. The lowest BCUT2D eigenvalue weighted by Crippen LogP contribution is -2.26. The van der Waals surface area contributed by atoms with Crippen molar-refractivity contribution in [2.75, 3.05) is 12.3 Å². The largest absolute Gasteiger partial charge is 0.392 e. The van der Waals surface area contributed by atoms with Crippen LogP contribution >= 0.6 is 0 Å². The summed E-state index contributed by atoms with van der Waals surface area (Å²) in [5, 5.41) is 8.89. The highest BCUT2D eigenvalue weighted by Gasteiger charge is 2.27. The summed E-state index contributed by atoms with van der Waals surface area (Å²) in [5.41, 5.74) is 5.13. The Morgan fingerprint density at radius 3 is 3.00 bits per heavy atom. The zero-order valence-corrected chi connectivity index (χ0v) is 8.56. The Morgan fingerprint density at radius 1 is 1.69 bits per heavy atom. The van der Waals surface area contributed by atoms with Gasteiger partial charge in [0.25, 0.3) is 0 Å². The molecule has 1 heterocycles. The van der Waals surface area contributed by atoms with Crippen molar-refractivity contribution in [1.82, 2.24) is 9.55 Å². The van der Waals surface area contributed by atoms with Gasteiger partial charge in [-0.05, 0) is 24.5 Å². The third-order valence-corrected chi connectivity index (χ3v) is 2.73. The highest BCUT2D eigenvalue weighted by Crippen LogP contribution is 2.35. The van der Waals surface area contributed by atoms with Crippen LogP contribution in [-0.2, 0) is 0 Å². The van der Waals surface area contributed by atoms with Crippen LogP contribution in [0.3, 0.4) is 0 Å². The maximum absolute atomic E-state index is 13.7. The fourth-order valence-corrected chi connectivity index (χ4v) is 1.87. The molecule has 0 saturated heterocycles. The molecular weight excluding hydrogens is 213 g/mol. The number of hydrogen-bond acceptors (Lipinski definition) is 4. The molecule has 3 N–H and O–H groups in total. The van der Waals surface area contributed by atoms with Gasteiger partial charge in [0.2, 0.25) is 0 Å². The molecule has 1 aliphatic rings. The van der Waals surface area contributed by atoms with Gasteiger partial charge in [-0.2, -0.15) is 4.98 Å². The van der Waals surface area contributed by atoms with Crippen molar-refractivity contribution in [3.63, 3.8) is 0 Å². The first-order chi connectivity index (χ1) is 7.63. The number of anilines is 1. The molecule has 0 radical (unpaired) electrons. The number of halogens is 1. The van der Waals surface area contributed by atoms with Crippen LogP contribution in [0.4, 0.5) is 10.2 Å². The minimum atomic E-state index is -0.650. The molecule has 5 nitrogen and oxygen atoms in total. The Labute approximate surface area is 91.0 Å². The molecule has 0 aliphatic heterocycles. The number of rotatable bonds is 2. The Hall–Kier alpha value is -1.69. The topological polar surface area (TPSA) is 81.1 Å². The summed E-state index contributed by atoms with van der Waals surface area (Å²) < 4.78 is 14.9. The van der Waals surface area contributed by atoms with E-state index >= 15 is 0 Å². The van der Waals surface area contributed by atoms with E-state index in [0.29, 0.717) is 18.4 Å². The molecule has 0 fully saturated rings. The second kappa shape index (κ2) is 4.05. The lowest BCUT2D eigenvalue weighted by Gasteiger charge is -2.12. The number of nitrogen functional groups attached to an aromatic ring is 1. The van der Waals surface area contributed by atoms with Crippen molar-refractivity contribution >= 4 is 5.82 Å². The summed E-state index contributed by atoms with van der Waals surface area (Å²) in [6, 6.07) is 0.800. The molecule has 16 heavy (non-hydrogen) atoms. The number of nitrogens with zero attached hydrogens (tertiary/aromatic N) is 2. The quantitative estimate of drug-likeness (QED) is 0.762. The Bertz CT molecular complexity index is 495. The van der Waals surface area contributed by atoms with Gasteiger partial charge in [-0.1, -0.05) is 0 Å². The summed E-state index contributed by atoms with van der Waals surface area (Å²) >= 11 is 0. The highest BCUT2D eigenvalue weighted by molar-refractivity contribution is 5.25. The van der Waals surface area contributed by atoms with Crippen LogP contribution in [0, 0.1) is 0 Å². The Kier molecular flexibility index (Phi) is 2.74. The SMILES string of the molecule is Nc1ccn(C2CCC(CO)=C2F)c(=O)n1. The maximum atomic E-state index is 13.7. The molecular formula is C10H12FN3O2. The van der Waals surface area contributed by atoms with Crippen LogP contribution < -0.4 is 11.4 Å². The van der Waals surface area contributed by atoms with Gasteiger partial charge in [0.05, 0.1) is 12.6 Å². The first-order valence-corrected chi connectivity index (χ1v) is 4.96. The monoisotopic (exact) mass is 225 g/mol. The summed E-state index contributed by atoms with van der Waals surface area (Å²) in [5.74, 6) is -0.317. The van der Waals surface area contributed by atoms with Crippen molar-refractivity contribution in [2.24, 2.45) is 0 Å². The summed E-state index contributed by atoms with van der Waals surface area (Å²) in [6.07, 6.45) is 2.35. The van der Waals surface area contributed by atoms with Gasteiger partial charge in [0.15, 0.2) is 0 Å². The molecule has 1 atom stereocenters. The third-order valence-electron chi connectivity index (χ3n) is 2.73. The van der Waals surface area contributed by atoms with Gasteiger partial charge in [-0.3, -0.25) is 4.57 Å². The molecule has 1 aromatic rings. The average molecular weight is 225 g/mol. The van der Waals surface area contributed by atoms with Gasteiger partial charge in [-0.25, -0.2) is 9.18 Å². The molecule has 86 valence electrons. The van der Waals surface area contributed by atoms with Crippen molar-refractivity contribution in [3.05, 3.63) is 34.1 Å². The van der Waals surface area contributed by atoms with E-state index in [-0.39, 0.29) is 12.4 Å². The van der Waals surface area contributed by atoms with Crippen LogP contribution in [-0.4, -0.2) is 21.3 Å². The van der Waals surface area contributed by atoms with E-state index in [1.807, 2.05) is 0 Å². The van der Waals surface area contributed by atoms with Crippen LogP contribution in [0.5, 0.6) is 0 Å². The molecule has 0 amide bonds. The standard InChI is InChI=1S/C10H12FN3O2/c11-9-6(5-15)1-2-7(9)14-4-3-8(12)13-10(14)16/h3-4,7,15H,1-2,5H2,(H2,12,13,16). The van der Waals surface area contributed by atoms with E-state index in [9.17, 15) is 9.18 Å². The molecule has 1 aromatic heterocycles. The molecule has 1 unspecified atom stereocenters. The number of allylic oxidation sites excluding steroid dienone is 1. The Morgan fingerprint density at radius 2 is 2.44 bits per heavy atom. The zero-order chi connectivity index (χ0) is 11.7. The van der Waals surface area contributed by atoms with Crippen molar-refractivity contribution in [3.8, 4) is 0 Å². The molecule has 0 saturated carbocycles. The minimum absolute atomic E-state index is 0.117. The van der Waals surface area contributed by atoms with E-state index in [2.05, 4.69) is 4.98 Å². The lowest BCUT2D eigenvalue weighted by molar-refractivity contribution is 0.324. The zero-order valence-electron chi connectivity index (χ0n) is 8.56. The normalized spacial score (nSPS) is 20.5. The van der Waals surface area contributed by atoms with Crippen LogP contribution in [0.25, 0.3) is 0 Å².